The first-order valence-electron chi connectivity index (χ1n) is 4.25. The van der Waals surface area contributed by atoms with Crippen LogP contribution in [0.5, 0.6) is 0 Å². The minimum atomic E-state index is 0.457. The van der Waals surface area contributed by atoms with Crippen molar-refractivity contribution in [2.45, 2.75) is 46.1 Å². The highest BCUT2D eigenvalue weighted by atomic mass is 14.7. The maximum absolute atomic E-state index is 5.90. The fourth-order valence-electron chi connectivity index (χ4n) is 2.42. The van der Waals surface area contributed by atoms with Gasteiger partial charge in [0, 0.05) is 6.04 Å². The maximum Gasteiger partial charge on any atom is 0.00464 e. The van der Waals surface area contributed by atoms with Gasteiger partial charge < -0.3 is 5.73 Å². The number of hydrogen-bond donors (Lipinski definition) is 1. The van der Waals surface area contributed by atoms with Crippen LogP contribution in [-0.2, 0) is 0 Å². The summed E-state index contributed by atoms with van der Waals surface area (Å²) >= 11 is 0. The zero-order valence-electron chi connectivity index (χ0n) is 7.35. The second-order valence-corrected chi connectivity index (χ2v) is 4.67. The zero-order valence-corrected chi connectivity index (χ0v) is 7.35. The van der Waals surface area contributed by atoms with Crippen LogP contribution in [-0.4, -0.2) is 6.04 Å². The normalized spacial score (nSPS) is 39.6. The molecule has 0 aromatic rings. The molecule has 1 saturated carbocycles. The Bertz CT molecular complexity index is 106. The van der Waals surface area contributed by atoms with Crippen LogP contribution in [0, 0.1) is 11.3 Å². The lowest BCUT2D eigenvalue weighted by Gasteiger charge is -2.37. The summed E-state index contributed by atoms with van der Waals surface area (Å²) in [4.78, 5) is 0. The molecule has 1 nitrogen and oxygen atoms in total. The Labute approximate surface area is 64.0 Å². The second-order valence-electron chi connectivity index (χ2n) is 4.67. The Morgan fingerprint density at radius 1 is 1.30 bits per heavy atom. The summed E-state index contributed by atoms with van der Waals surface area (Å²) in [7, 11) is 0. The molecule has 0 radical (unpaired) electrons. The van der Waals surface area contributed by atoms with E-state index in [4.69, 9.17) is 5.73 Å². The fourth-order valence-corrected chi connectivity index (χ4v) is 2.42. The van der Waals surface area contributed by atoms with Gasteiger partial charge in [-0.1, -0.05) is 20.8 Å². The van der Waals surface area contributed by atoms with Gasteiger partial charge in [0.15, 0.2) is 0 Å². The summed E-state index contributed by atoms with van der Waals surface area (Å²) in [5.41, 5.74) is 6.40. The van der Waals surface area contributed by atoms with Gasteiger partial charge in [-0.3, -0.25) is 0 Å². The van der Waals surface area contributed by atoms with E-state index in [1.807, 2.05) is 0 Å². The first kappa shape index (κ1) is 8.06. The highest BCUT2D eigenvalue weighted by molar-refractivity contribution is 4.84. The van der Waals surface area contributed by atoms with Crippen molar-refractivity contribution in [1.29, 1.82) is 0 Å². The molecule has 0 aromatic heterocycles. The average molecular weight is 141 g/mol. The van der Waals surface area contributed by atoms with E-state index < -0.39 is 0 Å². The Morgan fingerprint density at radius 3 is 2.30 bits per heavy atom. The van der Waals surface area contributed by atoms with Crippen molar-refractivity contribution in [1.82, 2.24) is 0 Å². The lowest BCUT2D eigenvalue weighted by molar-refractivity contribution is 0.170. The van der Waals surface area contributed by atoms with Gasteiger partial charge in [0.05, 0.1) is 0 Å². The quantitative estimate of drug-likeness (QED) is 0.549. The van der Waals surface area contributed by atoms with E-state index in [-0.39, 0.29) is 0 Å². The second kappa shape index (κ2) is 2.54. The molecule has 1 aliphatic carbocycles. The molecule has 0 bridgehead atoms. The van der Waals surface area contributed by atoms with E-state index in [0.717, 1.165) is 5.92 Å². The van der Waals surface area contributed by atoms with E-state index >= 15 is 0 Å². The van der Waals surface area contributed by atoms with Crippen LogP contribution >= 0.6 is 0 Å². The third-order valence-electron chi connectivity index (χ3n) is 2.42. The van der Waals surface area contributed by atoms with Crippen molar-refractivity contribution in [3.05, 3.63) is 0 Å². The smallest absolute Gasteiger partial charge is 0.00464 e. The molecule has 0 amide bonds. The summed E-state index contributed by atoms with van der Waals surface area (Å²) < 4.78 is 0. The van der Waals surface area contributed by atoms with Gasteiger partial charge >= 0.3 is 0 Å². The summed E-state index contributed by atoms with van der Waals surface area (Å²) in [6, 6.07) is 0.457. The van der Waals surface area contributed by atoms with E-state index in [2.05, 4.69) is 20.8 Å². The summed E-state index contributed by atoms with van der Waals surface area (Å²) in [6.07, 6.45) is 3.78. The van der Waals surface area contributed by atoms with Crippen LogP contribution in [0.15, 0.2) is 0 Å². The van der Waals surface area contributed by atoms with Crippen molar-refractivity contribution in [2.24, 2.45) is 17.1 Å². The van der Waals surface area contributed by atoms with Gasteiger partial charge in [-0.25, -0.2) is 0 Å². The molecule has 60 valence electrons. The van der Waals surface area contributed by atoms with Crippen molar-refractivity contribution >= 4 is 0 Å². The highest BCUT2D eigenvalue weighted by Gasteiger charge is 2.29. The lowest BCUT2D eigenvalue weighted by Crippen LogP contribution is -2.36. The largest absolute Gasteiger partial charge is 0.328 e. The van der Waals surface area contributed by atoms with Crippen LogP contribution < -0.4 is 5.73 Å². The average Bonchev–Trinajstić information content (AvgIpc) is 1.54. The molecule has 10 heavy (non-hydrogen) atoms. The zero-order chi connectivity index (χ0) is 7.78. The molecule has 0 aromatic carbocycles. The van der Waals surface area contributed by atoms with Gasteiger partial charge in [0.2, 0.25) is 0 Å². The first-order valence-corrected chi connectivity index (χ1v) is 4.25. The standard InChI is InChI=1S/C9H19N/c1-7-4-8(10)6-9(2,3)5-7/h7-8H,4-6,10H2,1-3H3/t7-,8+/m1/s1. The third kappa shape index (κ3) is 1.98. The maximum atomic E-state index is 5.90. The minimum absolute atomic E-state index is 0.457. The Balaban J connectivity index is 2.51. The Hall–Kier alpha value is -0.0400. The topological polar surface area (TPSA) is 26.0 Å². The molecular formula is C9H19N. The molecule has 0 saturated heterocycles. The van der Waals surface area contributed by atoms with Gasteiger partial charge in [0.25, 0.3) is 0 Å². The molecular weight excluding hydrogens is 122 g/mol. The number of nitrogens with two attached hydrogens (primary N) is 1. The molecule has 1 aliphatic rings. The van der Waals surface area contributed by atoms with Crippen LogP contribution in [0.1, 0.15) is 40.0 Å². The predicted octanol–water partition coefficient (Wildman–Crippen LogP) is 2.16. The van der Waals surface area contributed by atoms with E-state index in [1.165, 1.54) is 19.3 Å². The van der Waals surface area contributed by atoms with Gasteiger partial charge in [-0.2, -0.15) is 0 Å². The number of hydrogen-bond acceptors (Lipinski definition) is 1. The molecule has 2 atom stereocenters. The van der Waals surface area contributed by atoms with Gasteiger partial charge in [-0.05, 0) is 30.6 Å². The number of rotatable bonds is 0. The predicted molar refractivity (Wildman–Crippen MR) is 44.8 cm³/mol. The van der Waals surface area contributed by atoms with Crippen molar-refractivity contribution < 1.29 is 0 Å². The molecule has 1 heteroatoms. The Kier molecular flexibility index (Phi) is 2.04. The van der Waals surface area contributed by atoms with Crippen molar-refractivity contribution in [3.63, 3.8) is 0 Å². The fraction of sp³-hybridized carbons (Fsp3) is 1.00. The molecule has 1 fully saturated rings. The van der Waals surface area contributed by atoms with Crippen LogP contribution in [0.4, 0.5) is 0 Å². The molecule has 0 aliphatic heterocycles. The molecule has 0 heterocycles. The van der Waals surface area contributed by atoms with Gasteiger partial charge in [-0.15, -0.1) is 0 Å². The molecule has 0 spiro atoms. The van der Waals surface area contributed by atoms with Crippen molar-refractivity contribution in [3.8, 4) is 0 Å². The monoisotopic (exact) mass is 141 g/mol. The molecule has 0 unspecified atom stereocenters. The van der Waals surface area contributed by atoms with E-state index in [0.29, 0.717) is 11.5 Å². The lowest BCUT2D eigenvalue weighted by atomic mass is 9.71. The minimum Gasteiger partial charge on any atom is -0.328 e. The summed E-state index contributed by atoms with van der Waals surface area (Å²) in [6.45, 7) is 6.95. The van der Waals surface area contributed by atoms with Crippen LogP contribution in [0.25, 0.3) is 0 Å². The third-order valence-corrected chi connectivity index (χ3v) is 2.42. The van der Waals surface area contributed by atoms with Crippen LogP contribution in [0.3, 0.4) is 0 Å². The first-order chi connectivity index (χ1) is 4.49. The van der Waals surface area contributed by atoms with E-state index in [9.17, 15) is 0 Å². The highest BCUT2D eigenvalue weighted by Crippen LogP contribution is 2.37. The SMILES string of the molecule is C[C@@H]1C[C@H](N)CC(C)(C)C1. The summed E-state index contributed by atoms with van der Waals surface area (Å²) in [5, 5.41) is 0. The Morgan fingerprint density at radius 2 is 1.90 bits per heavy atom. The molecule has 1 rings (SSSR count). The van der Waals surface area contributed by atoms with Gasteiger partial charge in [0.1, 0.15) is 0 Å². The molecule has 2 N–H and O–H groups in total. The van der Waals surface area contributed by atoms with Crippen molar-refractivity contribution in [2.75, 3.05) is 0 Å². The van der Waals surface area contributed by atoms with Crippen LogP contribution in [0.2, 0.25) is 0 Å². The van der Waals surface area contributed by atoms with E-state index in [1.54, 1.807) is 0 Å². The summed E-state index contributed by atoms with van der Waals surface area (Å²) in [5.74, 6) is 0.832.